The zero-order valence-corrected chi connectivity index (χ0v) is 18.0. The first kappa shape index (κ1) is 21.2. The average Bonchev–Trinajstić information content (AvgIpc) is 3.15. The summed E-state index contributed by atoms with van der Waals surface area (Å²) in [7, 11) is 0. The van der Waals surface area contributed by atoms with Crippen molar-refractivity contribution in [3.63, 3.8) is 0 Å². The minimum absolute atomic E-state index is 0. The predicted octanol–water partition coefficient (Wildman–Crippen LogP) is 5.28. The van der Waals surface area contributed by atoms with Crippen LogP contribution in [-0.4, -0.2) is 24.9 Å². The molecule has 0 amide bonds. The van der Waals surface area contributed by atoms with Crippen molar-refractivity contribution < 1.29 is 9.47 Å². The summed E-state index contributed by atoms with van der Waals surface area (Å²) in [4.78, 5) is 0. The van der Waals surface area contributed by atoms with Crippen LogP contribution in [-0.2, 0) is 4.74 Å². The Bertz CT molecular complexity index is 909. The minimum Gasteiger partial charge on any atom is -0.490 e. The molecular weight excluding hydrogens is 396 g/mol. The van der Waals surface area contributed by atoms with Gasteiger partial charge in [0, 0.05) is 11.5 Å². The van der Waals surface area contributed by atoms with Crippen LogP contribution < -0.4 is 10.1 Å². The number of hydrogen-bond acceptors (Lipinski definition) is 4. The van der Waals surface area contributed by atoms with Gasteiger partial charge in [-0.1, -0.05) is 30.3 Å². The highest BCUT2D eigenvalue weighted by molar-refractivity contribution is 5.85. The van der Waals surface area contributed by atoms with Gasteiger partial charge in [-0.2, -0.15) is 5.26 Å². The van der Waals surface area contributed by atoms with E-state index >= 15 is 0 Å². The van der Waals surface area contributed by atoms with Crippen LogP contribution in [0.1, 0.15) is 67.2 Å². The lowest BCUT2D eigenvalue weighted by atomic mass is 9.76. The Labute approximate surface area is 185 Å². The number of nitriles is 1. The molecule has 1 N–H and O–H groups in total. The van der Waals surface area contributed by atoms with Crippen LogP contribution in [0.5, 0.6) is 5.75 Å². The molecule has 5 rings (SSSR count). The third-order valence-electron chi connectivity index (χ3n) is 6.87. The lowest BCUT2D eigenvalue weighted by Crippen LogP contribution is -2.48. The summed E-state index contributed by atoms with van der Waals surface area (Å²) in [5.74, 6) is 1.20. The second kappa shape index (κ2) is 8.98. The van der Waals surface area contributed by atoms with E-state index in [1.165, 1.54) is 12.0 Å². The van der Waals surface area contributed by atoms with E-state index in [1.54, 1.807) is 0 Å². The number of hydrogen-bond donors (Lipinski definition) is 1. The topological polar surface area (TPSA) is 54.3 Å². The summed E-state index contributed by atoms with van der Waals surface area (Å²) in [6.07, 6.45) is 6.97. The summed E-state index contributed by atoms with van der Waals surface area (Å²) in [5.41, 5.74) is 2.94. The molecule has 1 saturated carbocycles. The van der Waals surface area contributed by atoms with E-state index in [0.717, 1.165) is 50.0 Å². The molecule has 1 aliphatic carbocycles. The molecule has 3 aliphatic rings. The highest BCUT2D eigenvalue weighted by atomic mass is 35.5. The lowest BCUT2D eigenvalue weighted by molar-refractivity contribution is -0.0484. The highest BCUT2D eigenvalue weighted by Crippen LogP contribution is 2.49. The van der Waals surface area contributed by atoms with E-state index in [1.807, 2.05) is 18.2 Å². The second-order valence-corrected chi connectivity index (χ2v) is 8.71. The fourth-order valence-corrected chi connectivity index (χ4v) is 5.12. The van der Waals surface area contributed by atoms with E-state index in [2.05, 4.69) is 41.7 Å². The maximum absolute atomic E-state index is 9.44. The van der Waals surface area contributed by atoms with Gasteiger partial charge >= 0.3 is 0 Å². The number of benzene rings is 2. The quantitative estimate of drug-likeness (QED) is 0.725. The van der Waals surface area contributed by atoms with Gasteiger partial charge in [0.1, 0.15) is 5.75 Å². The molecule has 0 aromatic heterocycles. The highest BCUT2D eigenvalue weighted by Gasteiger charge is 2.49. The molecule has 2 aromatic rings. The van der Waals surface area contributed by atoms with Gasteiger partial charge in [0.2, 0.25) is 0 Å². The Hall–Kier alpha value is -2.06. The zero-order chi connectivity index (χ0) is 19.7. The fourth-order valence-electron chi connectivity index (χ4n) is 5.12. The largest absolute Gasteiger partial charge is 0.490 e. The van der Waals surface area contributed by atoms with E-state index in [-0.39, 0.29) is 30.0 Å². The number of nitrogens with zero attached hydrogens (tertiary/aromatic N) is 1. The van der Waals surface area contributed by atoms with Gasteiger partial charge in [0.25, 0.3) is 0 Å². The van der Waals surface area contributed by atoms with Crippen molar-refractivity contribution in [2.24, 2.45) is 0 Å². The SMILES string of the molecule is Cl.N#Cc1ccc(OC2CCC2)c([C@H]2CO[C@]3(CCCN[C@H]3c3ccccc3)C2)c1. The Balaban J connectivity index is 0.00000218. The summed E-state index contributed by atoms with van der Waals surface area (Å²) >= 11 is 0. The number of ether oxygens (including phenoxy) is 2. The summed E-state index contributed by atoms with van der Waals surface area (Å²) < 4.78 is 12.9. The molecule has 158 valence electrons. The van der Waals surface area contributed by atoms with Crippen LogP contribution >= 0.6 is 12.4 Å². The Morgan fingerprint density at radius 2 is 1.93 bits per heavy atom. The Morgan fingerprint density at radius 1 is 1.10 bits per heavy atom. The van der Waals surface area contributed by atoms with Crippen molar-refractivity contribution in [2.75, 3.05) is 13.2 Å². The van der Waals surface area contributed by atoms with Crippen molar-refractivity contribution in [1.29, 1.82) is 5.26 Å². The van der Waals surface area contributed by atoms with E-state index in [9.17, 15) is 5.26 Å². The van der Waals surface area contributed by atoms with E-state index in [4.69, 9.17) is 9.47 Å². The standard InChI is InChI=1S/C25H28N2O2.ClH/c26-16-18-10-11-23(29-21-8-4-9-21)22(14-18)20-15-25(28-17-20)12-5-13-27-24(25)19-6-2-1-3-7-19;/h1-3,6-7,10-11,14,20-21,24,27H,4-5,8-9,12-13,15,17H2;1H/t20-,24+,25-;/m1./s1. The monoisotopic (exact) mass is 424 g/mol. The van der Waals surface area contributed by atoms with Gasteiger partial charge < -0.3 is 14.8 Å². The van der Waals surface area contributed by atoms with Crippen LogP contribution in [0.4, 0.5) is 0 Å². The molecule has 0 radical (unpaired) electrons. The number of halogens is 1. The van der Waals surface area contributed by atoms with Gasteiger partial charge in [-0.05, 0) is 68.8 Å². The van der Waals surface area contributed by atoms with Gasteiger partial charge in [0.05, 0.1) is 36.0 Å². The van der Waals surface area contributed by atoms with Crippen LogP contribution in [0.3, 0.4) is 0 Å². The fraction of sp³-hybridized carbons (Fsp3) is 0.480. The van der Waals surface area contributed by atoms with Gasteiger partial charge in [0.15, 0.2) is 0 Å². The molecule has 3 atom stereocenters. The van der Waals surface area contributed by atoms with E-state index < -0.39 is 0 Å². The molecule has 2 aliphatic heterocycles. The van der Waals surface area contributed by atoms with Crippen molar-refractivity contribution in [3.05, 3.63) is 65.2 Å². The Kier molecular flexibility index (Phi) is 6.34. The van der Waals surface area contributed by atoms with Gasteiger partial charge in [-0.15, -0.1) is 12.4 Å². The first-order valence-electron chi connectivity index (χ1n) is 10.9. The molecule has 1 spiro atoms. The molecule has 4 nitrogen and oxygen atoms in total. The summed E-state index contributed by atoms with van der Waals surface area (Å²) in [5, 5.41) is 13.2. The van der Waals surface area contributed by atoms with Crippen LogP contribution in [0, 0.1) is 11.3 Å². The molecule has 3 fully saturated rings. The first-order valence-corrected chi connectivity index (χ1v) is 10.9. The average molecular weight is 425 g/mol. The van der Waals surface area contributed by atoms with Crippen LogP contribution in [0.2, 0.25) is 0 Å². The molecule has 2 aromatic carbocycles. The van der Waals surface area contributed by atoms with Crippen molar-refractivity contribution in [2.45, 2.75) is 62.2 Å². The minimum atomic E-state index is -0.194. The van der Waals surface area contributed by atoms with Crippen molar-refractivity contribution in [3.8, 4) is 11.8 Å². The van der Waals surface area contributed by atoms with Crippen molar-refractivity contribution in [1.82, 2.24) is 5.32 Å². The van der Waals surface area contributed by atoms with Gasteiger partial charge in [-0.3, -0.25) is 0 Å². The normalized spacial score (nSPS) is 28.4. The Morgan fingerprint density at radius 3 is 2.67 bits per heavy atom. The third kappa shape index (κ3) is 3.95. The zero-order valence-electron chi connectivity index (χ0n) is 17.2. The first-order chi connectivity index (χ1) is 14.3. The molecule has 2 saturated heterocycles. The molecule has 2 heterocycles. The summed E-state index contributed by atoms with van der Waals surface area (Å²) in [6.45, 7) is 1.70. The maximum atomic E-state index is 9.44. The molecule has 5 heteroatoms. The lowest BCUT2D eigenvalue weighted by Gasteiger charge is -2.41. The molecule has 30 heavy (non-hydrogen) atoms. The maximum Gasteiger partial charge on any atom is 0.123 e. The number of piperidine rings is 1. The van der Waals surface area contributed by atoms with E-state index in [0.29, 0.717) is 18.3 Å². The third-order valence-corrected chi connectivity index (χ3v) is 6.87. The number of rotatable bonds is 4. The van der Waals surface area contributed by atoms with Crippen LogP contribution in [0.15, 0.2) is 48.5 Å². The molecule has 0 bridgehead atoms. The van der Waals surface area contributed by atoms with Crippen LogP contribution in [0.25, 0.3) is 0 Å². The smallest absolute Gasteiger partial charge is 0.123 e. The van der Waals surface area contributed by atoms with Crippen molar-refractivity contribution >= 4 is 12.4 Å². The molecule has 0 unspecified atom stereocenters. The summed E-state index contributed by atoms with van der Waals surface area (Å²) in [6, 6.07) is 19.1. The number of nitrogens with one attached hydrogen (secondary N) is 1. The second-order valence-electron chi connectivity index (χ2n) is 8.71. The predicted molar refractivity (Wildman–Crippen MR) is 119 cm³/mol. The van der Waals surface area contributed by atoms with Gasteiger partial charge in [-0.25, -0.2) is 0 Å². The molecular formula is C25H29ClN2O2.